The van der Waals surface area contributed by atoms with Crippen LogP contribution in [0.25, 0.3) is 0 Å². The van der Waals surface area contributed by atoms with E-state index < -0.39 is 28.3 Å². The highest BCUT2D eigenvalue weighted by atomic mass is 35.5. The van der Waals surface area contributed by atoms with Crippen molar-refractivity contribution in [2.45, 2.75) is 17.9 Å². The number of hydrogen-bond donors (Lipinski definition) is 1. The Morgan fingerprint density at radius 2 is 1.89 bits per heavy atom. The fraction of sp³-hybridized carbons (Fsp3) is 0.278. The Hall–Kier alpha value is -2.16. The van der Waals surface area contributed by atoms with Gasteiger partial charge < -0.3 is 10.1 Å². The molecule has 1 amide bonds. The van der Waals surface area contributed by atoms with E-state index in [4.69, 9.17) is 16.3 Å². The van der Waals surface area contributed by atoms with Gasteiger partial charge in [-0.25, -0.2) is 12.8 Å². The third-order valence-electron chi connectivity index (χ3n) is 3.93. The molecule has 0 radical (unpaired) electrons. The number of ether oxygens (including phenoxy) is 1. The number of benzene rings is 2. The molecule has 27 heavy (non-hydrogen) atoms. The summed E-state index contributed by atoms with van der Waals surface area (Å²) >= 11 is 5.84. The maximum absolute atomic E-state index is 13.5. The van der Waals surface area contributed by atoms with Gasteiger partial charge in [0.25, 0.3) is 0 Å². The molecule has 2 rings (SSSR count). The Morgan fingerprint density at radius 3 is 2.48 bits per heavy atom. The van der Waals surface area contributed by atoms with Gasteiger partial charge in [0.2, 0.25) is 15.9 Å². The van der Waals surface area contributed by atoms with Crippen molar-refractivity contribution in [3.63, 3.8) is 0 Å². The van der Waals surface area contributed by atoms with Crippen molar-refractivity contribution in [2.24, 2.45) is 0 Å². The molecule has 0 aliphatic carbocycles. The fourth-order valence-corrected chi connectivity index (χ4v) is 3.85. The third-order valence-corrected chi connectivity index (χ3v) is 6.00. The van der Waals surface area contributed by atoms with Crippen LogP contribution >= 0.6 is 11.6 Å². The smallest absolute Gasteiger partial charge is 0.247 e. The van der Waals surface area contributed by atoms with E-state index >= 15 is 0 Å². The van der Waals surface area contributed by atoms with Crippen LogP contribution in [0.5, 0.6) is 5.75 Å². The van der Waals surface area contributed by atoms with Crippen molar-refractivity contribution in [1.29, 1.82) is 0 Å². The summed E-state index contributed by atoms with van der Waals surface area (Å²) in [4.78, 5) is 11.9. The van der Waals surface area contributed by atoms with Gasteiger partial charge in [-0.1, -0.05) is 23.7 Å². The Balaban J connectivity index is 2.11. The number of hydrogen-bond acceptors (Lipinski definition) is 4. The lowest BCUT2D eigenvalue weighted by Crippen LogP contribution is -2.39. The van der Waals surface area contributed by atoms with Gasteiger partial charge >= 0.3 is 0 Å². The molecule has 0 heterocycles. The van der Waals surface area contributed by atoms with E-state index in [2.05, 4.69) is 5.32 Å². The zero-order chi connectivity index (χ0) is 20.2. The van der Waals surface area contributed by atoms with Crippen molar-refractivity contribution in [2.75, 3.05) is 20.7 Å². The van der Waals surface area contributed by atoms with E-state index in [0.29, 0.717) is 5.02 Å². The van der Waals surface area contributed by atoms with Gasteiger partial charge in [-0.15, -0.1) is 0 Å². The summed E-state index contributed by atoms with van der Waals surface area (Å²) < 4.78 is 44.7. The van der Waals surface area contributed by atoms with Gasteiger partial charge in [0.05, 0.1) is 19.7 Å². The van der Waals surface area contributed by atoms with Crippen LogP contribution in [0.1, 0.15) is 18.5 Å². The first-order valence-corrected chi connectivity index (χ1v) is 9.81. The minimum Gasteiger partial charge on any atom is -0.495 e. The number of nitrogens with one attached hydrogen (secondary N) is 1. The van der Waals surface area contributed by atoms with Gasteiger partial charge in [0, 0.05) is 12.1 Å². The molecule has 0 aliphatic rings. The zero-order valence-electron chi connectivity index (χ0n) is 15.1. The highest BCUT2D eigenvalue weighted by molar-refractivity contribution is 7.89. The quantitative estimate of drug-likeness (QED) is 0.755. The van der Waals surface area contributed by atoms with Crippen molar-refractivity contribution in [3.05, 3.63) is 58.9 Å². The lowest BCUT2D eigenvalue weighted by Gasteiger charge is -2.20. The number of nitrogens with zero attached hydrogens (tertiary/aromatic N) is 1. The topological polar surface area (TPSA) is 75.7 Å². The van der Waals surface area contributed by atoms with Crippen LogP contribution in [0, 0.1) is 5.82 Å². The van der Waals surface area contributed by atoms with Gasteiger partial charge in [0.15, 0.2) is 0 Å². The van der Waals surface area contributed by atoms with Crippen LogP contribution in [0.15, 0.2) is 47.4 Å². The normalized spacial score (nSPS) is 12.7. The number of likely N-dealkylation sites (N-methyl/N-ethyl adjacent to an activating group) is 1. The van der Waals surface area contributed by atoms with Gasteiger partial charge in [-0.3, -0.25) is 4.79 Å². The summed E-state index contributed by atoms with van der Waals surface area (Å²) in [7, 11) is -1.59. The molecular weight excluding hydrogens is 395 g/mol. The predicted molar refractivity (Wildman–Crippen MR) is 101 cm³/mol. The van der Waals surface area contributed by atoms with Crippen molar-refractivity contribution >= 4 is 27.5 Å². The molecule has 6 nitrogen and oxygen atoms in total. The maximum atomic E-state index is 13.5. The SMILES string of the molecule is COc1ccc(F)cc1S(=O)(=O)N(C)CC(=O)N[C@@H](C)c1ccc(Cl)cc1. The summed E-state index contributed by atoms with van der Waals surface area (Å²) in [5, 5.41) is 3.29. The number of sulfonamides is 1. The van der Waals surface area contributed by atoms with Crippen LogP contribution in [0.2, 0.25) is 5.02 Å². The maximum Gasteiger partial charge on any atom is 0.247 e. The van der Waals surface area contributed by atoms with Crippen LogP contribution in [0.3, 0.4) is 0 Å². The van der Waals surface area contributed by atoms with Crippen LogP contribution < -0.4 is 10.1 Å². The number of rotatable bonds is 7. The number of carbonyl (C=O) groups is 1. The summed E-state index contributed by atoms with van der Waals surface area (Å²) in [5.74, 6) is -1.22. The Labute approximate surface area is 162 Å². The first-order valence-electron chi connectivity index (χ1n) is 8.00. The molecule has 2 aromatic carbocycles. The number of carbonyl (C=O) groups excluding carboxylic acids is 1. The number of amides is 1. The molecule has 0 bridgehead atoms. The molecule has 0 spiro atoms. The van der Waals surface area contributed by atoms with Crippen molar-refractivity contribution < 1.29 is 22.3 Å². The summed E-state index contributed by atoms with van der Waals surface area (Å²) in [6.45, 7) is 1.34. The standard InChI is InChI=1S/C18H20ClFN2O4S/c1-12(13-4-6-14(19)7-5-13)21-18(23)11-22(2)27(24,25)17-10-15(20)8-9-16(17)26-3/h4-10,12H,11H2,1-3H3,(H,21,23)/t12-/m0/s1. The highest BCUT2D eigenvalue weighted by Crippen LogP contribution is 2.26. The summed E-state index contributed by atoms with van der Waals surface area (Å²) in [6, 6.07) is 9.78. The Morgan fingerprint density at radius 1 is 1.26 bits per heavy atom. The minimum atomic E-state index is -4.12. The second-order valence-corrected chi connectivity index (χ2v) is 8.35. The molecule has 1 atom stereocenters. The van der Waals surface area contributed by atoms with E-state index in [1.807, 2.05) is 0 Å². The van der Waals surface area contributed by atoms with Gasteiger partial charge in [-0.05, 0) is 42.8 Å². The second-order valence-electron chi connectivity index (χ2n) is 5.90. The second kappa shape index (κ2) is 8.69. The van der Waals surface area contributed by atoms with Crippen LogP contribution in [0.4, 0.5) is 4.39 Å². The van der Waals surface area contributed by atoms with E-state index in [9.17, 15) is 17.6 Å². The average Bonchev–Trinajstić information content (AvgIpc) is 2.61. The van der Waals surface area contributed by atoms with E-state index in [-0.39, 0.29) is 16.7 Å². The number of halogens is 2. The molecule has 0 aliphatic heterocycles. The summed E-state index contributed by atoms with van der Waals surface area (Å²) in [5.41, 5.74) is 0.824. The first-order chi connectivity index (χ1) is 12.6. The number of methoxy groups -OCH3 is 1. The molecule has 1 N–H and O–H groups in total. The van der Waals surface area contributed by atoms with Gasteiger partial charge in [0.1, 0.15) is 16.5 Å². The minimum absolute atomic E-state index is 0.00168. The molecule has 0 saturated carbocycles. The van der Waals surface area contributed by atoms with Gasteiger partial charge in [-0.2, -0.15) is 4.31 Å². The van der Waals surface area contributed by atoms with Crippen molar-refractivity contribution in [1.82, 2.24) is 9.62 Å². The molecule has 2 aromatic rings. The largest absolute Gasteiger partial charge is 0.495 e. The summed E-state index contributed by atoms with van der Waals surface area (Å²) in [6.07, 6.45) is 0. The molecular formula is C18H20ClFN2O4S. The zero-order valence-corrected chi connectivity index (χ0v) is 16.6. The van der Waals surface area contributed by atoms with E-state index in [1.54, 1.807) is 31.2 Å². The molecule has 0 fully saturated rings. The average molecular weight is 415 g/mol. The lowest BCUT2D eigenvalue weighted by atomic mass is 10.1. The Bertz CT molecular complexity index is 919. The van der Waals surface area contributed by atoms with Crippen LogP contribution in [-0.2, 0) is 14.8 Å². The predicted octanol–water partition coefficient (Wildman–Crippen LogP) is 2.99. The molecule has 146 valence electrons. The fourth-order valence-electron chi connectivity index (χ4n) is 2.43. The monoisotopic (exact) mass is 414 g/mol. The third kappa shape index (κ3) is 5.18. The molecule has 0 saturated heterocycles. The van der Waals surface area contributed by atoms with E-state index in [0.717, 1.165) is 22.0 Å². The molecule has 0 unspecified atom stereocenters. The Kier molecular flexibility index (Phi) is 6.80. The van der Waals surface area contributed by atoms with E-state index in [1.165, 1.54) is 20.2 Å². The molecule has 9 heteroatoms. The lowest BCUT2D eigenvalue weighted by molar-refractivity contribution is -0.121. The van der Waals surface area contributed by atoms with Crippen LogP contribution in [-0.4, -0.2) is 39.3 Å². The van der Waals surface area contributed by atoms with Crippen molar-refractivity contribution in [3.8, 4) is 5.75 Å². The first kappa shape index (κ1) is 21.1. The highest BCUT2D eigenvalue weighted by Gasteiger charge is 2.27. The molecule has 0 aromatic heterocycles.